The third-order valence-corrected chi connectivity index (χ3v) is 6.00. The number of hydrogen-bond donors (Lipinski definition) is 2. The fourth-order valence-electron chi connectivity index (χ4n) is 3.50. The number of nitrogens with one attached hydrogen (secondary N) is 2. The summed E-state index contributed by atoms with van der Waals surface area (Å²) in [4.78, 5) is 33.7. The Morgan fingerprint density at radius 1 is 1.12 bits per heavy atom. The molecule has 9 heteroatoms. The minimum absolute atomic E-state index is 0.0976. The maximum Gasteiger partial charge on any atom is 0.259 e. The first kappa shape index (κ1) is 22.6. The molecule has 0 unspecified atom stereocenters. The highest BCUT2D eigenvalue weighted by Crippen LogP contribution is 2.31. The van der Waals surface area contributed by atoms with E-state index >= 15 is 0 Å². The Labute approximate surface area is 195 Å². The van der Waals surface area contributed by atoms with Crippen LogP contribution >= 0.6 is 11.3 Å². The van der Waals surface area contributed by atoms with Crippen LogP contribution in [0.3, 0.4) is 0 Å². The molecular formula is C24H25N5O3S. The highest BCUT2D eigenvalue weighted by atomic mass is 32.1. The summed E-state index contributed by atoms with van der Waals surface area (Å²) in [5, 5.41) is 10.4. The average Bonchev–Trinajstić information content (AvgIpc) is 3.37. The number of carbonyl (C=O) groups excluding carboxylic acids is 2. The van der Waals surface area contributed by atoms with Gasteiger partial charge >= 0.3 is 0 Å². The predicted molar refractivity (Wildman–Crippen MR) is 129 cm³/mol. The van der Waals surface area contributed by atoms with Gasteiger partial charge in [0, 0.05) is 17.1 Å². The van der Waals surface area contributed by atoms with E-state index in [4.69, 9.17) is 4.52 Å². The molecule has 0 aliphatic rings. The van der Waals surface area contributed by atoms with Gasteiger partial charge in [0.1, 0.15) is 0 Å². The molecule has 3 heterocycles. The molecule has 33 heavy (non-hydrogen) atoms. The number of pyridine rings is 1. The number of amides is 2. The van der Waals surface area contributed by atoms with Crippen LogP contribution < -0.4 is 10.6 Å². The van der Waals surface area contributed by atoms with Gasteiger partial charge in [-0.15, -0.1) is 11.3 Å². The molecule has 0 saturated carbocycles. The molecule has 0 atom stereocenters. The van der Waals surface area contributed by atoms with Gasteiger partial charge in [0.2, 0.25) is 5.91 Å². The molecule has 4 aromatic rings. The molecule has 1 aromatic carbocycles. The quantitative estimate of drug-likeness (QED) is 0.430. The monoisotopic (exact) mass is 463 g/mol. The van der Waals surface area contributed by atoms with E-state index in [0.717, 1.165) is 15.3 Å². The number of carbonyl (C=O) groups is 2. The topological polar surface area (TPSA) is 100 Å². The van der Waals surface area contributed by atoms with Crippen molar-refractivity contribution in [1.82, 2.24) is 20.4 Å². The van der Waals surface area contributed by atoms with Crippen molar-refractivity contribution in [3.63, 3.8) is 0 Å². The Balaban J connectivity index is 1.54. The summed E-state index contributed by atoms with van der Waals surface area (Å²) in [7, 11) is 3.67. The van der Waals surface area contributed by atoms with Crippen molar-refractivity contribution in [3.8, 4) is 10.6 Å². The molecule has 4 rings (SSSR count). The van der Waals surface area contributed by atoms with Crippen LogP contribution in [0.4, 0.5) is 5.69 Å². The van der Waals surface area contributed by atoms with Crippen LogP contribution in [-0.4, -0.2) is 47.5 Å². The normalized spacial score (nSPS) is 11.2. The van der Waals surface area contributed by atoms with Gasteiger partial charge in [-0.3, -0.25) is 9.59 Å². The van der Waals surface area contributed by atoms with Crippen molar-refractivity contribution in [2.45, 2.75) is 20.4 Å². The van der Waals surface area contributed by atoms with Crippen LogP contribution in [0.2, 0.25) is 0 Å². The molecule has 8 nitrogen and oxygen atoms in total. The van der Waals surface area contributed by atoms with Crippen molar-refractivity contribution in [3.05, 3.63) is 64.2 Å². The number of likely N-dealkylation sites (N-methyl/N-ethyl adjacent to an activating group) is 1. The van der Waals surface area contributed by atoms with Crippen LogP contribution in [0.1, 0.15) is 26.5 Å². The summed E-state index contributed by atoms with van der Waals surface area (Å²) < 4.78 is 5.37. The molecule has 3 aromatic heterocycles. The van der Waals surface area contributed by atoms with Crippen LogP contribution in [0.25, 0.3) is 21.7 Å². The third-order valence-electron chi connectivity index (χ3n) is 4.98. The van der Waals surface area contributed by atoms with Gasteiger partial charge in [0.05, 0.1) is 33.8 Å². The lowest BCUT2D eigenvalue weighted by Crippen LogP contribution is -2.27. The molecule has 0 saturated heterocycles. The lowest BCUT2D eigenvalue weighted by atomic mass is 10.1. The Hall–Kier alpha value is -3.56. The molecular weight excluding hydrogens is 438 g/mol. The zero-order valence-electron chi connectivity index (χ0n) is 18.9. The number of hydrogen-bond acceptors (Lipinski definition) is 7. The van der Waals surface area contributed by atoms with Crippen LogP contribution in [-0.2, 0) is 11.3 Å². The first-order valence-corrected chi connectivity index (χ1v) is 11.3. The van der Waals surface area contributed by atoms with E-state index in [1.807, 2.05) is 57.4 Å². The van der Waals surface area contributed by atoms with Gasteiger partial charge in [-0.25, -0.2) is 4.98 Å². The lowest BCUT2D eigenvalue weighted by Gasteiger charge is -2.12. The second-order valence-electron chi connectivity index (χ2n) is 8.08. The number of thiophene rings is 1. The molecule has 0 fully saturated rings. The van der Waals surface area contributed by atoms with Gasteiger partial charge in [-0.2, -0.15) is 0 Å². The first-order chi connectivity index (χ1) is 15.8. The summed E-state index contributed by atoms with van der Waals surface area (Å²) in [5.41, 5.74) is 3.65. The van der Waals surface area contributed by atoms with Gasteiger partial charge in [0.15, 0.2) is 0 Å². The van der Waals surface area contributed by atoms with Gasteiger partial charge in [0.25, 0.3) is 11.6 Å². The number of fused-ring (bicyclic) bond motifs is 1. The van der Waals surface area contributed by atoms with E-state index in [1.165, 1.54) is 0 Å². The highest BCUT2D eigenvalue weighted by Gasteiger charge is 2.20. The van der Waals surface area contributed by atoms with E-state index < -0.39 is 0 Å². The standard InChI is InChI=1S/C24H25N5O3S/c1-14-8-9-20(33-14)19-11-18(22-15(2)28-32-24(22)27-19)23(31)25-12-16-6-5-7-17(10-16)26-21(30)13-29(3)4/h5-11H,12-13H2,1-4H3,(H,25,31)(H,26,30). The molecule has 2 amide bonds. The fourth-order valence-corrected chi connectivity index (χ4v) is 4.32. The third kappa shape index (κ3) is 5.27. The number of aromatic nitrogens is 2. The Morgan fingerprint density at radius 3 is 2.67 bits per heavy atom. The molecule has 0 aliphatic carbocycles. The number of benzene rings is 1. The predicted octanol–water partition coefficient (Wildman–Crippen LogP) is 4.00. The smallest absolute Gasteiger partial charge is 0.259 e. The zero-order chi connectivity index (χ0) is 23.5. The van der Waals surface area contributed by atoms with Gasteiger partial charge in [-0.05, 0) is 63.8 Å². The second-order valence-corrected chi connectivity index (χ2v) is 9.37. The van der Waals surface area contributed by atoms with Crippen molar-refractivity contribution < 1.29 is 14.1 Å². The van der Waals surface area contributed by atoms with E-state index in [9.17, 15) is 9.59 Å². The molecule has 2 N–H and O–H groups in total. The number of nitrogens with zero attached hydrogens (tertiary/aromatic N) is 3. The van der Waals surface area contributed by atoms with E-state index in [0.29, 0.717) is 46.8 Å². The summed E-state index contributed by atoms with van der Waals surface area (Å²) in [6.07, 6.45) is 0. The number of anilines is 1. The zero-order valence-corrected chi connectivity index (χ0v) is 19.7. The van der Waals surface area contributed by atoms with Crippen molar-refractivity contribution in [2.24, 2.45) is 0 Å². The SMILES string of the molecule is Cc1ccc(-c2cc(C(=O)NCc3cccc(NC(=O)CN(C)C)c3)c3c(C)noc3n2)s1. The molecule has 170 valence electrons. The molecule has 0 spiro atoms. The minimum Gasteiger partial charge on any atom is -0.348 e. The maximum atomic E-state index is 13.2. The summed E-state index contributed by atoms with van der Waals surface area (Å²) in [6, 6.07) is 13.2. The Kier molecular flexibility index (Phi) is 6.52. The molecule has 0 aliphatic heterocycles. The van der Waals surface area contributed by atoms with Crippen LogP contribution in [0.15, 0.2) is 47.0 Å². The highest BCUT2D eigenvalue weighted by molar-refractivity contribution is 7.15. The summed E-state index contributed by atoms with van der Waals surface area (Å²) >= 11 is 1.60. The number of rotatable bonds is 7. The van der Waals surface area contributed by atoms with Crippen molar-refractivity contribution in [2.75, 3.05) is 26.0 Å². The Bertz CT molecular complexity index is 1320. The first-order valence-electron chi connectivity index (χ1n) is 10.5. The van der Waals surface area contributed by atoms with Crippen molar-refractivity contribution in [1.29, 1.82) is 0 Å². The van der Waals surface area contributed by atoms with Gasteiger partial charge in [-0.1, -0.05) is 17.3 Å². The maximum absolute atomic E-state index is 13.2. The molecule has 0 bridgehead atoms. The molecule has 0 radical (unpaired) electrons. The van der Waals surface area contributed by atoms with Crippen LogP contribution in [0, 0.1) is 13.8 Å². The van der Waals surface area contributed by atoms with E-state index in [2.05, 4.69) is 20.8 Å². The lowest BCUT2D eigenvalue weighted by molar-refractivity contribution is -0.116. The fraction of sp³-hybridized carbons (Fsp3) is 0.250. The van der Waals surface area contributed by atoms with Gasteiger partial charge < -0.3 is 20.1 Å². The Morgan fingerprint density at radius 2 is 1.94 bits per heavy atom. The average molecular weight is 464 g/mol. The van der Waals surface area contributed by atoms with Crippen LogP contribution in [0.5, 0.6) is 0 Å². The summed E-state index contributed by atoms with van der Waals surface area (Å²) in [6.45, 7) is 4.41. The summed E-state index contributed by atoms with van der Waals surface area (Å²) in [5.74, 6) is -0.343. The van der Waals surface area contributed by atoms with E-state index in [1.54, 1.807) is 29.2 Å². The second kappa shape index (κ2) is 9.51. The number of aryl methyl sites for hydroxylation is 2. The minimum atomic E-state index is -0.245. The largest absolute Gasteiger partial charge is 0.348 e. The van der Waals surface area contributed by atoms with Crippen molar-refractivity contribution >= 4 is 39.9 Å². The van der Waals surface area contributed by atoms with E-state index in [-0.39, 0.29) is 11.8 Å².